The van der Waals surface area contributed by atoms with Crippen molar-refractivity contribution in [3.8, 4) is 0 Å². The molecule has 1 rings (SSSR count). The number of nitrogens with one attached hydrogen (secondary N) is 1. The summed E-state index contributed by atoms with van der Waals surface area (Å²) in [5, 5.41) is 2.68. The summed E-state index contributed by atoms with van der Waals surface area (Å²) in [5.41, 5.74) is 0. The number of carbonyl (C=O) groups is 1. The van der Waals surface area contributed by atoms with E-state index in [9.17, 15) is 13.2 Å². The maximum Gasteiger partial charge on any atom is 0.317 e. The minimum Gasteiger partial charge on any atom is -0.337 e. The lowest BCUT2D eigenvalue weighted by Crippen LogP contribution is -2.45. The largest absolute Gasteiger partial charge is 0.337 e. The van der Waals surface area contributed by atoms with E-state index < -0.39 is 14.6 Å². The molecule has 19 heavy (non-hydrogen) atoms. The van der Waals surface area contributed by atoms with E-state index in [4.69, 9.17) is 0 Å². The average molecular weight is 290 g/mol. The van der Waals surface area contributed by atoms with Crippen molar-refractivity contribution >= 4 is 15.9 Å². The van der Waals surface area contributed by atoms with Crippen LogP contribution in [0.15, 0.2) is 0 Å². The van der Waals surface area contributed by atoms with Gasteiger partial charge in [0.2, 0.25) is 0 Å². The lowest BCUT2D eigenvalue weighted by Gasteiger charge is -2.25. The van der Waals surface area contributed by atoms with E-state index in [1.165, 1.54) is 12.8 Å². The zero-order valence-corrected chi connectivity index (χ0v) is 13.4. The Bertz CT molecular complexity index is 422. The van der Waals surface area contributed by atoms with E-state index in [0.29, 0.717) is 5.92 Å². The number of hydrogen-bond acceptors (Lipinski definition) is 3. The summed E-state index contributed by atoms with van der Waals surface area (Å²) < 4.78 is 23.0. The topological polar surface area (TPSA) is 66.5 Å². The van der Waals surface area contributed by atoms with Crippen LogP contribution < -0.4 is 5.32 Å². The Kier molecular flexibility index (Phi) is 4.87. The Morgan fingerprint density at radius 1 is 1.37 bits per heavy atom. The number of hydrogen-bond donors (Lipinski definition) is 1. The van der Waals surface area contributed by atoms with Crippen molar-refractivity contribution in [1.82, 2.24) is 10.2 Å². The molecule has 5 nitrogen and oxygen atoms in total. The lowest BCUT2D eigenvalue weighted by atomic mass is 10.2. The summed E-state index contributed by atoms with van der Waals surface area (Å²) >= 11 is 0. The van der Waals surface area contributed by atoms with Gasteiger partial charge in [-0.3, -0.25) is 0 Å². The van der Waals surface area contributed by atoms with Crippen LogP contribution in [0.1, 0.15) is 40.5 Å². The first kappa shape index (κ1) is 16.3. The number of amides is 2. The normalized spacial score (nSPS) is 17.9. The molecule has 1 fully saturated rings. The zero-order chi connectivity index (χ0) is 14.8. The molecule has 0 unspecified atom stereocenters. The Balaban J connectivity index is 2.38. The SMILES string of the molecule is C[C@@H](C1CC1)N(C)C(=O)NCCS(=O)(=O)C(C)(C)C. The first-order valence-electron chi connectivity index (χ1n) is 6.79. The van der Waals surface area contributed by atoms with Gasteiger partial charge >= 0.3 is 6.03 Å². The molecule has 0 saturated heterocycles. The molecule has 0 radical (unpaired) electrons. The van der Waals surface area contributed by atoms with Gasteiger partial charge in [-0.15, -0.1) is 0 Å². The van der Waals surface area contributed by atoms with Crippen LogP contribution in [0.4, 0.5) is 4.79 Å². The summed E-state index contributed by atoms with van der Waals surface area (Å²) in [6.07, 6.45) is 2.36. The molecule has 112 valence electrons. The minimum atomic E-state index is -3.18. The van der Waals surface area contributed by atoms with Crippen LogP contribution in [0.5, 0.6) is 0 Å². The van der Waals surface area contributed by atoms with E-state index in [1.807, 2.05) is 6.92 Å². The Hall–Kier alpha value is -0.780. The summed E-state index contributed by atoms with van der Waals surface area (Å²) in [6.45, 7) is 7.21. The second-order valence-corrected chi connectivity index (χ2v) is 9.21. The third-order valence-corrected chi connectivity index (χ3v) is 6.42. The van der Waals surface area contributed by atoms with Gasteiger partial charge in [-0.25, -0.2) is 13.2 Å². The molecule has 0 aromatic rings. The molecule has 1 N–H and O–H groups in total. The molecular formula is C13H26N2O3S. The van der Waals surface area contributed by atoms with E-state index in [-0.39, 0.29) is 24.4 Å². The predicted octanol–water partition coefficient (Wildman–Crippen LogP) is 1.64. The Labute approximate surface area is 116 Å². The van der Waals surface area contributed by atoms with Crippen molar-refractivity contribution in [3.63, 3.8) is 0 Å². The van der Waals surface area contributed by atoms with Crippen LogP contribution >= 0.6 is 0 Å². The number of nitrogens with zero attached hydrogens (tertiary/aromatic N) is 1. The van der Waals surface area contributed by atoms with Crippen LogP contribution in [-0.2, 0) is 9.84 Å². The molecule has 0 bridgehead atoms. The maximum atomic E-state index is 11.9. The second-order valence-electron chi connectivity index (χ2n) is 6.35. The lowest BCUT2D eigenvalue weighted by molar-refractivity contribution is 0.188. The molecule has 0 heterocycles. The quantitative estimate of drug-likeness (QED) is 0.837. The maximum absolute atomic E-state index is 11.9. The van der Waals surface area contributed by atoms with Crippen molar-refractivity contribution in [1.29, 1.82) is 0 Å². The van der Waals surface area contributed by atoms with Gasteiger partial charge in [0.25, 0.3) is 0 Å². The van der Waals surface area contributed by atoms with Crippen molar-refractivity contribution in [2.24, 2.45) is 5.92 Å². The van der Waals surface area contributed by atoms with Crippen LogP contribution in [-0.4, -0.2) is 49.5 Å². The van der Waals surface area contributed by atoms with Crippen LogP contribution in [0.3, 0.4) is 0 Å². The highest BCUT2D eigenvalue weighted by atomic mass is 32.2. The Morgan fingerprint density at radius 2 is 1.89 bits per heavy atom. The third-order valence-electron chi connectivity index (χ3n) is 3.82. The van der Waals surface area contributed by atoms with E-state index in [1.54, 1.807) is 32.7 Å². The van der Waals surface area contributed by atoms with E-state index in [2.05, 4.69) is 5.32 Å². The second kappa shape index (κ2) is 5.69. The van der Waals surface area contributed by atoms with Crippen molar-refractivity contribution in [2.75, 3.05) is 19.3 Å². The smallest absolute Gasteiger partial charge is 0.317 e. The molecule has 1 saturated carbocycles. The number of rotatable bonds is 5. The van der Waals surface area contributed by atoms with Crippen molar-refractivity contribution in [3.05, 3.63) is 0 Å². The van der Waals surface area contributed by atoms with Gasteiger partial charge in [0.05, 0.1) is 10.5 Å². The average Bonchev–Trinajstić information content (AvgIpc) is 3.08. The van der Waals surface area contributed by atoms with Crippen molar-refractivity contribution in [2.45, 2.75) is 51.3 Å². The fourth-order valence-corrected chi connectivity index (χ4v) is 2.79. The Morgan fingerprint density at radius 3 is 2.32 bits per heavy atom. The highest BCUT2D eigenvalue weighted by Gasteiger charge is 2.33. The van der Waals surface area contributed by atoms with Gasteiger partial charge in [0.15, 0.2) is 9.84 Å². The standard InChI is InChI=1S/C13H26N2O3S/c1-10(11-6-7-11)15(5)12(16)14-8-9-19(17,18)13(2,3)4/h10-11H,6-9H2,1-5H3,(H,14,16)/t10-/m0/s1. The van der Waals surface area contributed by atoms with Crippen LogP contribution in [0.2, 0.25) is 0 Å². The minimum absolute atomic E-state index is 0.0200. The molecule has 0 aromatic carbocycles. The first-order chi connectivity index (χ1) is 8.56. The molecule has 0 aromatic heterocycles. The van der Waals surface area contributed by atoms with Gasteiger partial charge in [-0.2, -0.15) is 0 Å². The first-order valence-corrected chi connectivity index (χ1v) is 8.44. The van der Waals surface area contributed by atoms with E-state index in [0.717, 1.165) is 0 Å². The molecule has 6 heteroatoms. The molecular weight excluding hydrogens is 264 g/mol. The van der Waals surface area contributed by atoms with Gasteiger partial charge in [-0.1, -0.05) is 0 Å². The third kappa shape index (κ3) is 4.37. The monoisotopic (exact) mass is 290 g/mol. The highest BCUT2D eigenvalue weighted by molar-refractivity contribution is 7.92. The molecule has 0 spiro atoms. The van der Waals surface area contributed by atoms with Crippen LogP contribution in [0.25, 0.3) is 0 Å². The summed E-state index contributed by atoms with van der Waals surface area (Å²) in [7, 11) is -1.42. The summed E-state index contributed by atoms with van der Waals surface area (Å²) in [4.78, 5) is 13.5. The van der Waals surface area contributed by atoms with Gasteiger partial charge in [-0.05, 0) is 46.5 Å². The summed E-state index contributed by atoms with van der Waals surface area (Å²) in [6, 6.07) is 0.0303. The zero-order valence-electron chi connectivity index (χ0n) is 12.6. The highest BCUT2D eigenvalue weighted by Crippen LogP contribution is 2.34. The number of carbonyl (C=O) groups excluding carboxylic acids is 1. The van der Waals surface area contributed by atoms with Gasteiger partial charge < -0.3 is 10.2 Å². The molecule has 1 aliphatic rings. The molecule has 0 aliphatic heterocycles. The molecule has 1 atom stereocenters. The van der Waals surface area contributed by atoms with E-state index >= 15 is 0 Å². The van der Waals surface area contributed by atoms with Crippen molar-refractivity contribution < 1.29 is 13.2 Å². The molecule has 1 aliphatic carbocycles. The fraction of sp³-hybridized carbons (Fsp3) is 0.923. The number of sulfone groups is 1. The fourth-order valence-electron chi connectivity index (χ4n) is 1.80. The summed E-state index contributed by atoms with van der Waals surface area (Å²) in [5.74, 6) is 0.586. The van der Waals surface area contributed by atoms with Gasteiger partial charge in [0.1, 0.15) is 0 Å². The number of urea groups is 1. The predicted molar refractivity (Wildman–Crippen MR) is 76.9 cm³/mol. The van der Waals surface area contributed by atoms with Crippen LogP contribution in [0, 0.1) is 5.92 Å². The van der Waals surface area contributed by atoms with Gasteiger partial charge in [0, 0.05) is 19.6 Å². The molecule has 2 amide bonds.